The number of nitrogens with two attached hydrogens (primary N) is 1. The highest BCUT2D eigenvalue weighted by atomic mass is 35.5. The maximum atomic E-state index is 13.2. The lowest BCUT2D eigenvalue weighted by Crippen LogP contribution is -2.42. The second kappa shape index (κ2) is 15.5. The van der Waals surface area contributed by atoms with Crippen molar-refractivity contribution in [2.45, 2.75) is 44.4 Å². The summed E-state index contributed by atoms with van der Waals surface area (Å²) in [5.41, 5.74) is 11.0. The number of aromatic nitrogens is 3. The number of carbonyl (C=O) groups excluding carboxylic acids is 2. The van der Waals surface area contributed by atoms with Crippen molar-refractivity contribution in [2.24, 2.45) is 17.6 Å². The molecule has 7 rings (SSSR count). The molecule has 2 fully saturated rings. The van der Waals surface area contributed by atoms with Crippen molar-refractivity contribution in [1.82, 2.24) is 25.0 Å². The molecule has 12 nitrogen and oxygen atoms in total. The number of amides is 2. The van der Waals surface area contributed by atoms with Crippen molar-refractivity contribution in [3.8, 4) is 39.4 Å². The third kappa shape index (κ3) is 7.72. The molecule has 0 bridgehead atoms. The molecule has 2 amide bonds. The van der Waals surface area contributed by atoms with E-state index in [0.717, 1.165) is 24.1 Å². The van der Waals surface area contributed by atoms with Gasteiger partial charge in [0.2, 0.25) is 11.8 Å². The zero-order valence-electron chi connectivity index (χ0n) is 28.9. The Morgan fingerprint density at radius 3 is 2.45 bits per heavy atom. The Bertz CT molecular complexity index is 2260. The summed E-state index contributed by atoms with van der Waals surface area (Å²) in [6.45, 7) is 1.36. The minimum absolute atomic E-state index is 0.111. The number of methoxy groups -OCH3 is 1. The van der Waals surface area contributed by atoms with E-state index in [1.165, 1.54) is 11.5 Å². The van der Waals surface area contributed by atoms with E-state index in [1.807, 2.05) is 54.6 Å². The summed E-state index contributed by atoms with van der Waals surface area (Å²) in [5, 5.41) is 16.3. The van der Waals surface area contributed by atoms with Gasteiger partial charge in [0.25, 0.3) is 5.56 Å². The standard InChI is InChI=1S/C39H38Cl2N6O6/c1-52-37-22(15-32(53-39(42)51)31-10-11-34(49)45-31)8-9-30(46-37)29-7-3-6-28(36(29)41)27-5-2-4-26(35(27)40)21-12-13-47-33(16-21)44-19-25(38(47)50)18-43-17-23-14-24(23)20-48/h2-9,12-13,16,19,23-24,31-32,43,48H,10-11,14-15,17-18,20H2,1H3,(H2,42,51)(H,45,49)/t23?,24?,31-,32?/m0/s1. The molecule has 1 aliphatic heterocycles. The predicted molar refractivity (Wildman–Crippen MR) is 202 cm³/mol. The molecule has 0 spiro atoms. The molecule has 3 aromatic heterocycles. The molecule has 2 aromatic carbocycles. The van der Waals surface area contributed by atoms with Gasteiger partial charge in [-0.05, 0) is 55.0 Å². The number of nitrogens with zero attached hydrogens (tertiary/aromatic N) is 3. The fourth-order valence-electron chi connectivity index (χ4n) is 6.98. The summed E-state index contributed by atoms with van der Waals surface area (Å²) in [4.78, 5) is 46.1. The van der Waals surface area contributed by atoms with Crippen molar-refractivity contribution in [3.05, 3.63) is 105 Å². The van der Waals surface area contributed by atoms with Crippen LogP contribution in [0.3, 0.4) is 0 Å². The van der Waals surface area contributed by atoms with Gasteiger partial charge in [0.05, 0.1) is 28.9 Å². The van der Waals surface area contributed by atoms with E-state index in [1.54, 1.807) is 18.5 Å². The van der Waals surface area contributed by atoms with Gasteiger partial charge < -0.3 is 30.9 Å². The first-order valence-electron chi connectivity index (χ1n) is 17.3. The lowest BCUT2D eigenvalue weighted by Gasteiger charge is -2.23. The van der Waals surface area contributed by atoms with E-state index < -0.39 is 12.2 Å². The molecule has 3 unspecified atom stereocenters. The van der Waals surface area contributed by atoms with Gasteiger partial charge in [0.15, 0.2) is 0 Å². The quantitative estimate of drug-likeness (QED) is 0.123. The van der Waals surface area contributed by atoms with Gasteiger partial charge in [-0.25, -0.2) is 14.8 Å². The van der Waals surface area contributed by atoms with E-state index in [-0.39, 0.29) is 30.5 Å². The first-order chi connectivity index (χ1) is 25.6. The number of primary amides is 1. The maximum absolute atomic E-state index is 13.2. The van der Waals surface area contributed by atoms with Gasteiger partial charge in [-0.2, -0.15) is 0 Å². The molecule has 1 saturated carbocycles. The summed E-state index contributed by atoms with van der Waals surface area (Å²) in [7, 11) is 1.50. The van der Waals surface area contributed by atoms with Crippen molar-refractivity contribution >= 4 is 40.8 Å². The minimum atomic E-state index is -0.932. The van der Waals surface area contributed by atoms with Crippen molar-refractivity contribution in [1.29, 1.82) is 0 Å². The summed E-state index contributed by atoms with van der Waals surface area (Å²) in [6, 6.07) is 18.2. The monoisotopic (exact) mass is 756 g/mol. The SMILES string of the molecule is COc1nc(-c2cccc(-c3cccc(-c4ccn5c(=O)c(CNCC6CC6CO)cnc5c4)c3Cl)c2Cl)ccc1CC(OC(N)=O)[C@@H]1CCC(=O)N1. The fourth-order valence-corrected chi connectivity index (χ4v) is 7.64. The lowest BCUT2D eigenvalue weighted by atomic mass is 9.96. The summed E-state index contributed by atoms with van der Waals surface area (Å²) in [6.07, 6.45) is 3.77. The maximum Gasteiger partial charge on any atom is 0.404 e. The number of ether oxygens (including phenoxy) is 2. The second-order valence-corrected chi connectivity index (χ2v) is 14.1. The van der Waals surface area contributed by atoms with Gasteiger partial charge in [0.1, 0.15) is 11.8 Å². The van der Waals surface area contributed by atoms with Crippen LogP contribution in [0.25, 0.3) is 39.2 Å². The number of nitrogens with one attached hydrogen (secondary N) is 2. The van der Waals surface area contributed by atoms with Crippen LogP contribution in [-0.2, 0) is 22.5 Å². The molecule has 1 aliphatic carbocycles. The van der Waals surface area contributed by atoms with E-state index in [9.17, 15) is 19.5 Å². The van der Waals surface area contributed by atoms with E-state index in [2.05, 4.69) is 15.6 Å². The van der Waals surface area contributed by atoms with Crippen LogP contribution in [-0.4, -0.2) is 63.9 Å². The number of aliphatic hydroxyl groups is 1. The predicted octanol–water partition coefficient (Wildman–Crippen LogP) is 5.41. The molecular weight excluding hydrogens is 719 g/mol. The molecule has 4 heterocycles. The number of hydrogen-bond donors (Lipinski definition) is 4. The average Bonchev–Trinajstić information content (AvgIpc) is 3.78. The van der Waals surface area contributed by atoms with Crippen LogP contribution in [0.5, 0.6) is 5.88 Å². The summed E-state index contributed by atoms with van der Waals surface area (Å²) in [5.74, 6) is 1.01. The molecule has 1 saturated heterocycles. The van der Waals surface area contributed by atoms with Crippen LogP contribution in [0.4, 0.5) is 4.79 Å². The van der Waals surface area contributed by atoms with E-state index in [4.69, 9.17) is 43.4 Å². The largest absolute Gasteiger partial charge is 0.481 e. The number of hydrogen-bond acceptors (Lipinski definition) is 9. The Morgan fingerprint density at radius 1 is 1.04 bits per heavy atom. The Morgan fingerprint density at radius 2 is 1.77 bits per heavy atom. The Kier molecular flexibility index (Phi) is 10.7. The first-order valence-corrected chi connectivity index (χ1v) is 18.1. The number of benzene rings is 2. The van der Waals surface area contributed by atoms with E-state index >= 15 is 0 Å². The third-order valence-corrected chi connectivity index (χ3v) is 10.8. The normalized spacial score (nSPS) is 18.5. The third-order valence-electron chi connectivity index (χ3n) is 9.98. The molecule has 274 valence electrons. The topological polar surface area (TPSA) is 170 Å². The Labute approximate surface area is 315 Å². The van der Waals surface area contributed by atoms with Gasteiger partial charge in [-0.3, -0.25) is 14.0 Å². The van der Waals surface area contributed by atoms with Crippen LogP contribution < -0.4 is 26.7 Å². The Hall–Kier alpha value is -5.01. The second-order valence-electron chi connectivity index (χ2n) is 13.4. The summed E-state index contributed by atoms with van der Waals surface area (Å²) >= 11 is 14.2. The van der Waals surface area contributed by atoms with Gasteiger partial charge in [-0.1, -0.05) is 65.7 Å². The van der Waals surface area contributed by atoms with Crippen LogP contribution in [0.15, 0.2) is 77.9 Å². The molecule has 2 aliphatic rings. The number of halogens is 2. The van der Waals surface area contributed by atoms with Gasteiger partial charge in [0, 0.05) is 71.8 Å². The van der Waals surface area contributed by atoms with Crippen molar-refractivity contribution < 1.29 is 24.2 Å². The highest BCUT2D eigenvalue weighted by molar-refractivity contribution is 6.39. The number of pyridine rings is 2. The fraction of sp³-hybridized carbons (Fsp3) is 0.308. The summed E-state index contributed by atoms with van der Waals surface area (Å²) < 4.78 is 12.5. The van der Waals surface area contributed by atoms with Crippen molar-refractivity contribution in [2.75, 3.05) is 20.3 Å². The molecule has 5 aromatic rings. The molecule has 0 radical (unpaired) electrons. The molecular formula is C39H38Cl2N6O6. The van der Waals surface area contributed by atoms with Crippen LogP contribution >= 0.6 is 23.2 Å². The number of rotatable bonds is 13. The van der Waals surface area contributed by atoms with Crippen LogP contribution in [0.2, 0.25) is 10.0 Å². The van der Waals surface area contributed by atoms with E-state index in [0.29, 0.717) is 86.3 Å². The number of aliphatic hydroxyl groups excluding tert-OH is 1. The van der Waals surface area contributed by atoms with Crippen molar-refractivity contribution in [3.63, 3.8) is 0 Å². The lowest BCUT2D eigenvalue weighted by molar-refractivity contribution is -0.119. The molecule has 4 atom stereocenters. The zero-order chi connectivity index (χ0) is 37.2. The zero-order valence-corrected chi connectivity index (χ0v) is 30.4. The highest BCUT2D eigenvalue weighted by Gasteiger charge is 2.35. The number of carbonyl (C=O) groups is 2. The molecule has 5 N–H and O–H groups in total. The molecule has 53 heavy (non-hydrogen) atoms. The highest BCUT2D eigenvalue weighted by Crippen LogP contribution is 2.42. The van der Waals surface area contributed by atoms with Gasteiger partial charge in [-0.15, -0.1) is 0 Å². The molecule has 14 heteroatoms. The Balaban J connectivity index is 1.14. The smallest absolute Gasteiger partial charge is 0.404 e. The number of fused-ring (bicyclic) bond motifs is 1. The first kappa shape index (κ1) is 36.4. The minimum Gasteiger partial charge on any atom is -0.481 e. The van der Waals surface area contributed by atoms with Crippen LogP contribution in [0.1, 0.15) is 30.4 Å². The van der Waals surface area contributed by atoms with Crippen LogP contribution in [0, 0.1) is 11.8 Å². The average molecular weight is 758 g/mol. The van der Waals surface area contributed by atoms with Gasteiger partial charge >= 0.3 is 6.09 Å².